The molecule has 0 atom stereocenters. The Kier molecular flexibility index (Phi) is 6.80. The predicted molar refractivity (Wildman–Crippen MR) is 212 cm³/mol. The van der Waals surface area contributed by atoms with E-state index in [1.165, 1.54) is 44.2 Å². The van der Waals surface area contributed by atoms with Crippen LogP contribution < -0.4 is 0 Å². The highest BCUT2D eigenvalue weighted by Crippen LogP contribution is 2.53. The molecule has 4 nitrogen and oxygen atoms in total. The first-order chi connectivity index (χ1) is 25.5. The maximum Gasteiger partial charge on any atom is 0.164 e. The van der Waals surface area contributed by atoms with Gasteiger partial charge in [-0.1, -0.05) is 147 Å². The Balaban J connectivity index is 1.03. The molecule has 0 bridgehead atoms. The molecule has 0 saturated heterocycles. The predicted octanol–water partition coefficient (Wildman–Crippen LogP) is 12.4. The van der Waals surface area contributed by atoms with E-state index in [4.69, 9.17) is 19.4 Å². The fourth-order valence-electron chi connectivity index (χ4n) is 7.95. The van der Waals surface area contributed by atoms with E-state index >= 15 is 0 Å². The average molecular weight is 668 g/mol. The number of aromatic nitrogens is 3. The molecule has 2 aromatic heterocycles. The number of hydrogen-bond donors (Lipinski definition) is 0. The Morgan fingerprint density at radius 1 is 0.404 bits per heavy atom. The minimum absolute atomic E-state index is 0.194. The van der Waals surface area contributed by atoms with Crippen molar-refractivity contribution in [3.63, 3.8) is 0 Å². The van der Waals surface area contributed by atoms with Gasteiger partial charge in [0.15, 0.2) is 17.5 Å². The van der Waals surface area contributed by atoms with Crippen molar-refractivity contribution >= 4 is 21.9 Å². The molecule has 0 spiro atoms. The zero-order chi connectivity index (χ0) is 34.8. The summed E-state index contributed by atoms with van der Waals surface area (Å²) in [5, 5.41) is 2.40. The van der Waals surface area contributed by atoms with Gasteiger partial charge in [0.05, 0.1) is 0 Å². The highest BCUT2D eigenvalue weighted by molar-refractivity contribution is 6.11. The SMILES string of the molecule is CC1(C)c2cc(-c3cccc(-c4cccc(-c5nc(-c6ccccc6)nc(-c6ccccc6)n5)c4)c3)ccc2-c2ccc3oc4ccccc4c3c21. The summed E-state index contributed by atoms with van der Waals surface area (Å²) >= 11 is 0. The van der Waals surface area contributed by atoms with Crippen LogP contribution in [0.25, 0.3) is 89.5 Å². The molecule has 4 heteroatoms. The second-order valence-electron chi connectivity index (χ2n) is 14.0. The number of para-hydroxylation sites is 1. The number of rotatable bonds is 5. The summed E-state index contributed by atoms with van der Waals surface area (Å²) in [6.07, 6.45) is 0. The van der Waals surface area contributed by atoms with Crippen LogP contribution in [-0.4, -0.2) is 15.0 Å². The Morgan fingerprint density at radius 3 is 1.56 bits per heavy atom. The summed E-state index contributed by atoms with van der Waals surface area (Å²) < 4.78 is 6.30. The molecule has 0 aliphatic heterocycles. The number of nitrogens with zero attached hydrogens (tertiary/aromatic N) is 3. The van der Waals surface area contributed by atoms with Crippen molar-refractivity contribution in [2.75, 3.05) is 0 Å². The van der Waals surface area contributed by atoms with Crippen LogP contribution in [0.3, 0.4) is 0 Å². The van der Waals surface area contributed by atoms with E-state index in [0.29, 0.717) is 17.5 Å². The Hall–Kier alpha value is -6.65. The zero-order valence-electron chi connectivity index (χ0n) is 28.8. The second kappa shape index (κ2) is 11.7. The van der Waals surface area contributed by atoms with Gasteiger partial charge in [-0.25, -0.2) is 15.0 Å². The van der Waals surface area contributed by atoms with E-state index in [2.05, 4.69) is 111 Å². The van der Waals surface area contributed by atoms with Crippen molar-refractivity contribution in [3.05, 3.63) is 175 Å². The molecule has 0 N–H and O–H groups in total. The molecular weight excluding hydrogens is 635 g/mol. The largest absolute Gasteiger partial charge is 0.456 e. The third-order valence-electron chi connectivity index (χ3n) is 10.5. The normalized spacial score (nSPS) is 13.0. The third kappa shape index (κ3) is 4.87. The lowest BCUT2D eigenvalue weighted by molar-refractivity contribution is 0.657. The first-order valence-electron chi connectivity index (χ1n) is 17.7. The van der Waals surface area contributed by atoms with Gasteiger partial charge in [0, 0.05) is 32.9 Å². The lowest BCUT2D eigenvalue weighted by Gasteiger charge is -2.23. The van der Waals surface area contributed by atoms with Crippen LogP contribution in [-0.2, 0) is 5.41 Å². The molecular formula is C48H33N3O. The van der Waals surface area contributed by atoms with Gasteiger partial charge in [-0.3, -0.25) is 0 Å². The van der Waals surface area contributed by atoms with Gasteiger partial charge in [-0.15, -0.1) is 0 Å². The zero-order valence-corrected chi connectivity index (χ0v) is 28.8. The van der Waals surface area contributed by atoms with Crippen molar-refractivity contribution in [3.8, 4) is 67.5 Å². The molecule has 52 heavy (non-hydrogen) atoms. The van der Waals surface area contributed by atoms with Crippen molar-refractivity contribution in [1.82, 2.24) is 15.0 Å². The van der Waals surface area contributed by atoms with Gasteiger partial charge >= 0.3 is 0 Å². The summed E-state index contributed by atoms with van der Waals surface area (Å²) in [5.74, 6) is 1.95. The summed E-state index contributed by atoms with van der Waals surface area (Å²) in [6.45, 7) is 4.69. The highest BCUT2D eigenvalue weighted by atomic mass is 16.3. The first-order valence-corrected chi connectivity index (χ1v) is 17.7. The van der Waals surface area contributed by atoms with Crippen LogP contribution in [0.4, 0.5) is 0 Å². The fourth-order valence-corrected chi connectivity index (χ4v) is 7.95. The van der Waals surface area contributed by atoms with Crippen LogP contribution in [0.15, 0.2) is 168 Å². The molecule has 2 heterocycles. The van der Waals surface area contributed by atoms with Crippen LogP contribution >= 0.6 is 0 Å². The molecule has 246 valence electrons. The number of fused-ring (bicyclic) bond motifs is 7. The van der Waals surface area contributed by atoms with Gasteiger partial charge in [0.25, 0.3) is 0 Å². The highest BCUT2D eigenvalue weighted by Gasteiger charge is 2.38. The number of furan rings is 1. The Morgan fingerprint density at radius 2 is 0.904 bits per heavy atom. The first kappa shape index (κ1) is 30.2. The molecule has 7 aromatic carbocycles. The standard InChI is InChI=1S/C48H33N3O/c1-48(2)40-29-35(23-24-37(40)38-25-26-42-43(44(38)48)39-21-9-10-22-41(39)52-42)33-18-11-17-32(27-33)34-19-12-20-36(28-34)47-50-45(30-13-5-3-6-14-30)49-46(51-47)31-15-7-4-8-16-31/h3-29H,1-2H3. The fraction of sp³-hybridized carbons (Fsp3) is 0.0625. The van der Waals surface area contributed by atoms with Gasteiger partial charge < -0.3 is 4.42 Å². The molecule has 0 radical (unpaired) electrons. The third-order valence-corrected chi connectivity index (χ3v) is 10.5. The van der Waals surface area contributed by atoms with E-state index in [-0.39, 0.29) is 5.41 Å². The molecule has 1 aliphatic rings. The second-order valence-corrected chi connectivity index (χ2v) is 14.0. The van der Waals surface area contributed by atoms with E-state index < -0.39 is 0 Å². The smallest absolute Gasteiger partial charge is 0.164 e. The summed E-state index contributed by atoms with van der Waals surface area (Å²) in [7, 11) is 0. The van der Waals surface area contributed by atoms with E-state index in [1.807, 2.05) is 66.7 Å². The van der Waals surface area contributed by atoms with Crippen molar-refractivity contribution < 1.29 is 4.42 Å². The van der Waals surface area contributed by atoms with Gasteiger partial charge in [0.2, 0.25) is 0 Å². The van der Waals surface area contributed by atoms with Gasteiger partial charge in [0.1, 0.15) is 11.2 Å². The van der Waals surface area contributed by atoms with Crippen molar-refractivity contribution in [1.29, 1.82) is 0 Å². The summed E-state index contributed by atoms with van der Waals surface area (Å²) in [5.41, 5.74) is 14.4. The maximum absolute atomic E-state index is 6.30. The minimum atomic E-state index is -0.194. The van der Waals surface area contributed by atoms with Gasteiger partial charge in [-0.05, 0) is 74.8 Å². The van der Waals surface area contributed by atoms with Crippen molar-refractivity contribution in [2.24, 2.45) is 0 Å². The number of benzene rings is 7. The molecule has 0 fully saturated rings. The Labute approximate surface area is 302 Å². The summed E-state index contributed by atoms with van der Waals surface area (Å²) in [4.78, 5) is 14.8. The molecule has 9 aromatic rings. The van der Waals surface area contributed by atoms with Crippen LogP contribution in [0.5, 0.6) is 0 Å². The van der Waals surface area contributed by atoms with Crippen LogP contribution in [0.2, 0.25) is 0 Å². The van der Waals surface area contributed by atoms with E-state index in [1.54, 1.807) is 0 Å². The molecule has 1 aliphatic carbocycles. The minimum Gasteiger partial charge on any atom is -0.456 e. The summed E-state index contributed by atoms with van der Waals surface area (Å²) in [6, 6.07) is 57.2. The topological polar surface area (TPSA) is 51.8 Å². The maximum atomic E-state index is 6.30. The van der Waals surface area contributed by atoms with E-state index in [9.17, 15) is 0 Å². The molecule has 0 unspecified atom stereocenters. The lowest BCUT2D eigenvalue weighted by atomic mass is 9.80. The molecule has 0 amide bonds. The van der Waals surface area contributed by atoms with Crippen LogP contribution in [0.1, 0.15) is 25.0 Å². The quantitative estimate of drug-likeness (QED) is 0.183. The monoisotopic (exact) mass is 667 g/mol. The number of hydrogen-bond acceptors (Lipinski definition) is 4. The van der Waals surface area contributed by atoms with Gasteiger partial charge in [-0.2, -0.15) is 0 Å². The average Bonchev–Trinajstić information content (AvgIpc) is 3.70. The Bertz CT molecular complexity index is 2760. The van der Waals surface area contributed by atoms with Crippen LogP contribution in [0, 0.1) is 0 Å². The molecule has 10 rings (SSSR count). The molecule has 0 saturated carbocycles. The lowest BCUT2D eigenvalue weighted by Crippen LogP contribution is -2.15. The van der Waals surface area contributed by atoms with E-state index in [0.717, 1.165) is 39.0 Å². The van der Waals surface area contributed by atoms with Crippen molar-refractivity contribution in [2.45, 2.75) is 19.3 Å².